The summed E-state index contributed by atoms with van der Waals surface area (Å²) in [5.74, 6) is 0.0907. The van der Waals surface area contributed by atoms with Crippen molar-refractivity contribution >= 4 is 27.5 Å². The molecule has 4 nitrogen and oxygen atoms in total. The predicted octanol–water partition coefficient (Wildman–Crippen LogP) is 2.23. The van der Waals surface area contributed by atoms with Crippen molar-refractivity contribution in [3.05, 3.63) is 28.2 Å². The fourth-order valence-corrected chi connectivity index (χ4v) is 4.11. The molecule has 2 aliphatic rings. The first-order valence-corrected chi connectivity index (χ1v) is 7.46. The van der Waals surface area contributed by atoms with Crippen LogP contribution in [0.1, 0.15) is 31.2 Å². The van der Waals surface area contributed by atoms with Crippen LogP contribution in [-0.4, -0.2) is 29.1 Å². The zero-order valence-corrected chi connectivity index (χ0v) is 12.2. The zero-order valence-electron chi connectivity index (χ0n) is 10.6. The maximum absolute atomic E-state index is 9.88. The molecular weight excluding hydrogens is 306 g/mol. The topological polar surface area (TPSA) is 73.3 Å². The minimum absolute atomic E-state index is 0.0907. The van der Waals surface area contributed by atoms with Gasteiger partial charge < -0.3 is 15.7 Å². The first kappa shape index (κ1) is 12.9. The van der Waals surface area contributed by atoms with E-state index < -0.39 is 0 Å². The first-order valence-electron chi connectivity index (χ1n) is 6.67. The normalized spacial score (nSPS) is 29.6. The number of nitrogens with zero attached hydrogens (tertiary/aromatic N) is 1. The van der Waals surface area contributed by atoms with Gasteiger partial charge in [-0.15, -0.1) is 0 Å². The Labute approximate surface area is 121 Å². The number of fused-ring (bicyclic) bond motifs is 2. The average molecular weight is 324 g/mol. The fraction of sp³-hybridized carbons (Fsp3) is 0.500. The third-order valence-corrected chi connectivity index (χ3v) is 4.91. The molecular formula is C14H18BrN3O. The number of anilines is 1. The van der Waals surface area contributed by atoms with Crippen molar-refractivity contribution < 1.29 is 5.11 Å². The number of amidine groups is 1. The molecule has 0 radical (unpaired) electrons. The van der Waals surface area contributed by atoms with Gasteiger partial charge in [-0.25, -0.2) is 0 Å². The molecule has 3 rings (SSSR count). The largest absolute Gasteiger partial charge is 0.393 e. The van der Waals surface area contributed by atoms with Crippen LogP contribution in [0, 0.1) is 5.41 Å². The number of aliphatic hydroxyl groups is 1. The van der Waals surface area contributed by atoms with Crippen molar-refractivity contribution in [1.29, 1.82) is 5.41 Å². The third-order valence-electron chi connectivity index (χ3n) is 4.25. The molecule has 2 atom stereocenters. The molecule has 0 saturated carbocycles. The third kappa shape index (κ3) is 2.15. The van der Waals surface area contributed by atoms with Gasteiger partial charge in [0.2, 0.25) is 0 Å². The van der Waals surface area contributed by atoms with E-state index in [4.69, 9.17) is 11.1 Å². The van der Waals surface area contributed by atoms with E-state index in [9.17, 15) is 5.11 Å². The molecule has 5 heteroatoms. The molecule has 2 bridgehead atoms. The van der Waals surface area contributed by atoms with Gasteiger partial charge in [0.05, 0.1) is 11.7 Å². The number of piperidine rings is 1. The van der Waals surface area contributed by atoms with E-state index >= 15 is 0 Å². The minimum atomic E-state index is -0.179. The molecule has 0 aliphatic carbocycles. The van der Waals surface area contributed by atoms with Gasteiger partial charge in [0, 0.05) is 22.2 Å². The Hall–Kier alpha value is -1.07. The van der Waals surface area contributed by atoms with E-state index in [1.54, 1.807) is 0 Å². The summed E-state index contributed by atoms with van der Waals surface area (Å²) >= 11 is 3.49. The zero-order chi connectivity index (χ0) is 13.6. The summed E-state index contributed by atoms with van der Waals surface area (Å²) in [5.41, 5.74) is 7.54. The van der Waals surface area contributed by atoms with Crippen LogP contribution in [0.15, 0.2) is 22.7 Å². The number of hydrogen-bond acceptors (Lipinski definition) is 3. The molecule has 0 amide bonds. The maximum Gasteiger partial charge on any atom is 0.126 e. The second-order valence-electron chi connectivity index (χ2n) is 5.47. The number of nitrogen functional groups attached to an aromatic ring is 1. The van der Waals surface area contributed by atoms with Crippen molar-refractivity contribution in [2.45, 2.75) is 43.9 Å². The van der Waals surface area contributed by atoms with Crippen LogP contribution in [0.3, 0.4) is 0 Å². The molecule has 2 unspecified atom stereocenters. The number of halogens is 1. The van der Waals surface area contributed by atoms with Gasteiger partial charge in [0.1, 0.15) is 5.84 Å². The molecule has 19 heavy (non-hydrogen) atoms. The highest BCUT2D eigenvalue weighted by molar-refractivity contribution is 9.10. The van der Waals surface area contributed by atoms with Crippen molar-refractivity contribution in [2.75, 3.05) is 4.90 Å². The van der Waals surface area contributed by atoms with Crippen LogP contribution in [0.25, 0.3) is 0 Å². The number of nitrogens with one attached hydrogen (secondary N) is 1. The number of hydrogen-bond donors (Lipinski definition) is 3. The molecule has 4 N–H and O–H groups in total. The van der Waals surface area contributed by atoms with Crippen LogP contribution in [-0.2, 0) is 0 Å². The van der Waals surface area contributed by atoms with Crippen molar-refractivity contribution in [1.82, 2.24) is 0 Å². The molecule has 2 saturated heterocycles. The van der Waals surface area contributed by atoms with Crippen LogP contribution in [0.5, 0.6) is 0 Å². The second kappa shape index (κ2) is 4.80. The Kier molecular flexibility index (Phi) is 3.27. The standard InChI is InChI=1S/C14H18BrN3O/c15-11-2-1-3-12(13(11)14(16)17)18-8-4-5-9(18)7-10(19)6-8/h1-3,8-10,19H,4-7H2,(H3,16,17). The molecule has 1 aromatic rings. The summed E-state index contributed by atoms with van der Waals surface area (Å²) in [6.07, 6.45) is 3.69. The Morgan fingerprint density at radius 3 is 2.53 bits per heavy atom. The molecule has 0 spiro atoms. The van der Waals surface area contributed by atoms with Gasteiger partial charge in [0.15, 0.2) is 0 Å². The van der Waals surface area contributed by atoms with Crippen LogP contribution < -0.4 is 10.6 Å². The molecule has 0 aromatic heterocycles. The monoisotopic (exact) mass is 323 g/mol. The number of benzene rings is 1. The van der Waals surface area contributed by atoms with E-state index in [1.165, 1.54) is 0 Å². The first-order chi connectivity index (χ1) is 9.08. The lowest BCUT2D eigenvalue weighted by Crippen LogP contribution is -2.45. The molecule has 2 aliphatic heterocycles. The summed E-state index contributed by atoms with van der Waals surface area (Å²) < 4.78 is 0.864. The van der Waals surface area contributed by atoms with Gasteiger partial charge in [-0.3, -0.25) is 5.41 Å². The summed E-state index contributed by atoms with van der Waals surface area (Å²) in [7, 11) is 0. The number of nitrogens with two attached hydrogens (primary N) is 1. The molecule has 2 fully saturated rings. The van der Waals surface area contributed by atoms with Crippen LogP contribution in [0.4, 0.5) is 5.69 Å². The highest BCUT2D eigenvalue weighted by Gasteiger charge is 2.41. The Bertz CT molecular complexity index is 505. The highest BCUT2D eigenvalue weighted by Crippen LogP contribution is 2.41. The summed E-state index contributed by atoms with van der Waals surface area (Å²) in [5, 5.41) is 17.7. The lowest BCUT2D eigenvalue weighted by Gasteiger charge is -2.40. The van der Waals surface area contributed by atoms with E-state index in [-0.39, 0.29) is 11.9 Å². The smallest absolute Gasteiger partial charge is 0.126 e. The molecule has 2 heterocycles. The molecule has 1 aromatic carbocycles. The van der Waals surface area contributed by atoms with Gasteiger partial charge >= 0.3 is 0 Å². The van der Waals surface area contributed by atoms with Gasteiger partial charge in [-0.05, 0) is 53.7 Å². The summed E-state index contributed by atoms with van der Waals surface area (Å²) in [6.45, 7) is 0. The lowest BCUT2D eigenvalue weighted by molar-refractivity contribution is 0.126. The van der Waals surface area contributed by atoms with Gasteiger partial charge in [0.25, 0.3) is 0 Å². The maximum atomic E-state index is 9.88. The number of aliphatic hydroxyl groups excluding tert-OH is 1. The van der Waals surface area contributed by atoms with Crippen LogP contribution in [0.2, 0.25) is 0 Å². The van der Waals surface area contributed by atoms with Crippen molar-refractivity contribution in [2.24, 2.45) is 5.73 Å². The van der Waals surface area contributed by atoms with E-state index in [0.29, 0.717) is 12.1 Å². The van der Waals surface area contributed by atoms with E-state index in [2.05, 4.69) is 20.8 Å². The Balaban J connectivity index is 2.04. The van der Waals surface area contributed by atoms with Crippen LogP contribution >= 0.6 is 15.9 Å². The fourth-order valence-electron chi connectivity index (χ4n) is 3.54. The average Bonchev–Trinajstić information content (AvgIpc) is 2.60. The minimum Gasteiger partial charge on any atom is -0.393 e. The quantitative estimate of drug-likeness (QED) is 0.577. The second-order valence-corrected chi connectivity index (χ2v) is 6.32. The summed E-state index contributed by atoms with van der Waals surface area (Å²) in [6, 6.07) is 6.68. The summed E-state index contributed by atoms with van der Waals surface area (Å²) in [4.78, 5) is 2.37. The predicted molar refractivity (Wildman–Crippen MR) is 79.7 cm³/mol. The number of rotatable bonds is 2. The Morgan fingerprint density at radius 2 is 1.95 bits per heavy atom. The Morgan fingerprint density at radius 1 is 1.32 bits per heavy atom. The lowest BCUT2D eigenvalue weighted by atomic mass is 9.97. The molecule has 102 valence electrons. The van der Waals surface area contributed by atoms with Crippen molar-refractivity contribution in [3.63, 3.8) is 0 Å². The van der Waals surface area contributed by atoms with Gasteiger partial charge in [-0.1, -0.05) is 6.07 Å². The van der Waals surface area contributed by atoms with Crippen molar-refractivity contribution in [3.8, 4) is 0 Å². The van der Waals surface area contributed by atoms with E-state index in [1.807, 2.05) is 18.2 Å². The van der Waals surface area contributed by atoms with E-state index in [0.717, 1.165) is 41.4 Å². The highest BCUT2D eigenvalue weighted by atomic mass is 79.9. The van der Waals surface area contributed by atoms with Gasteiger partial charge in [-0.2, -0.15) is 0 Å². The SMILES string of the molecule is N=C(N)c1c(Br)cccc1N1C2CCC1CC(O)C2.